The zero-order chi connectivity index (χ0) is 13.2. The van der Waals surface area contributed by atoms with Crippen LogP contribution in [0.25, 0.3) is 11.1 Å². The molecule has 2 aromatic rings. The molecule has 1 aliphatic rings. The number of pyridine rings is 1. The molecule has 1 aromatic heterocycles. The molecule has 0 unspecified atom stereocenters. The van der Waals surface area contributed by atoms with Gasteiger partial charge in [0.05, 0.1) is 6.54 Å². The molecule has 1 aromatic carbocycles. The van der Waals surface area contributed by atoms with E-state index < -0.39 is 5.97 Å². The van der Waals surface area contributed by atoms with Gasteiger partial charge in [0.15, 0.2) is 5.69 Å². The number of carboxylic acids is 1. The Morgan fingerprint density at radius 1 is 1.32 bits per heavy atom. The predicted octanol–water partition coefficient (Wildman–Crippen LogP) is 3.42. The number of nitrogens with zero attached hydrogens (tertiary/aromatic N) is 3. The summed E-state index contributed by atoms with van der Waals surface area (Å²) in [7, 11) is 0. The van der Waals surface area contributed by atoms with Crippen molar-refractivity contribution in [2.45, 2.75) is 11.4 Å². The van der Waals surface area contributed by atoms with Crippen molar-refractivity contribution >= 4 is 17.9 Å². The maximum absolute atomic E-state index is 11.2. The minimum absolute atomic E-state index is 0.0601. The molecule has 5 nitrogen and oxygen atoms in total. The van der Waals surface area contributed by atoms with E-state index in [2.05, 4.69) is 14.6 Å². The average Bonchev–Trinajstić information content (AvgIpc) is 2.46. The highest BCUT2D eigenvalue weighted by Crippen LogP contribution is 2.33. The maximum Gasteiger partial charge on any atom is 0.355 e. The third kappa shape index (κ3) is 2.22. The molecule has 0 saturated heterocycles. The van der Waals surface area contributed by atoms with E-state index in [9.17, 15) is 4.79 Å². The number of hydrogen-bond donors (Lipinski definition) is 1. The molecular formula is C13H9N3O2S. The summed E-state index contributed by atoms with van der Waals surface area (Å²) in [5.74, 6) is -1.03. The molecule has 3 rings (SSSR count). The highest BCUT2D eigenvalue weighted by atomic mass is 32.2. The molecule has 6 heteroatoms. The molecule has 0 fully saturated rings. The first-order chi connectivity index (χ1) is 9.25. The van der Waals surface area contributed by atoms with Gasteiger partial charge in [0.25, 0.3) is 0 Å². The fourth-order valence-corrected chi connectivity index (χ4v) is 2.56. The molecule has 0 saturated carbocycles. The van der Waals surface area contributed by atoms with E-state index in [0.29, 0.717) is 12.1 Å². The largest absolute Gasteiger partial charge is 0.476 e. The number of aromatic nitrogens is 1. The molecule has 0 atom stereocenters. The Hall–Kier alpha value is -2.21. The predicted molar refractivity (Wildman–Crippen MR) is 71.0 cm³/mol. The van der Waals surface area contributed by atoms with Gasteiger partial charge < -0.3 is 5.11 Å². The van der Waals surface area contributed by atoms with Crippen LogP contribution in [0.1, 0.15) is 16.1 Å². The van der Waals surface area contributed by atoms with Crippen LogP contribution < -0.4 is 0 Å². The van der Waals surface area contributed by atoms with Gasteiger partial charge in [-0.05, 0) is 23.3 Å². The smallest absolute Gasteiger partial charge is 0.355 e. The molecule has 0 aliphatic carbocycles. The fraction of sp³-hybridized carbons (Fsp3) is 0.0769. The van der Waals surface area contributed by atoms with Crippen molar-refractivity contribution in [3.8, 4) is 11.1 Å². The van der Waals surface area contributed by atoms with Gasteiger partial charge in [-0.15, -0.1) is 4.52 Å². The second kappa shape index (κ2) is 4.81. The lowest BCUT2D eigenvalue weighted by molar-refractivity contribution is 0.0691. The highest BCUT2D eigenvalue weighted by Gasteiger charge is 2.15. The number of fused-ring (bicyclic) bond motifs is 1. The van der Waals surface area contributed by atoms with Crippen LogP contribution in [0.5, 0.6) is 0 Å². The summed E-state index contributed by atoms with van der Waals surface area (Å²) in [6.45, 7) is 0.571. The number of aromatic carboxylic acids is 1. The second-order valence-corrected chi connectivity index (χ2v) is 4.79. The second-order valence-electron chi connectivity index (χ2n) is 4.00. The van der Waals surface area contributed by atoms with Crippen LogP contribution in [0.4, 0.5) is 0 Å². The molecule has 19 heavy (non-hydrogen) atoms. The number of benzene rings is 1. The Balaban J connectivity index is 2.11. The summed E-state index contributed by atoms with van der Waals surface area (Å²) in [5, 5.41) is 13.1. The topological polar surface area (TPSA) is 74.9 Å². The molecule has 94 valence electrons. The minimum atomic E-state index is -1.03. The number of carboxylic acid groups (broad SMARTS) is 1. The van der Waals surface area contributed by atoms with E-state index in [4.69, 9.17) is 5.11 Å². The summed E-state index contributed by atoms with van der Waals surface area (Å²) in [6.07, 6.45) is 1.48. The highest BCUT2D eigenvalue weighted by molar-refractivity contribution is 7.98. The lowest BCUT2D eigenvalue weighted by Gasteiger charge is -2.11. The standard InChI is InChI=1S/C13H9N3O2S/c17-13(18)12-10(2-1-5-14-12)8-3-4-9-7-15-16-19-11(9)6-8/h1-6H,7H2,(H,17,18). The zero-order valence-corrected chi connectivity index (χ0v) is 10.6. The van der Waals surface area contributed by atoms with Gasteiger partial charge in [-0.2, -0.15) is 5.11 Å². The van der Waals surface area contributed by atoms with Crippen LogP contribution in [0, 0.1) is 0 Å². The van der Waals surface area contributed by atoms with E-state index in [1.54, 1.807) is 12.1 Å². The van der Waals surface area contributed by atoms with E-state index in [0.717, 1.165) is 16.0 Å². The molecule has 0 spiro atoms. The van der Waals surface area contributed by atoms with Crippen LogP contribution in [0.15, 0.2) is 51.1 Å². The Morgan fingerprint density at radius 3 is 3.05 bits per heavy atom. The van der Waals surface area contributed by atoms with Crippen molar-refractivity contribution in [2.24, 2.45) is 9.63 Å². The van der Waals surface area contributed by atoms with Gasteiger partial charge in [-0.1, -0.05) is 18.2 Å². The molecule has 1 aliphatic heterocycles. The molecule has 1 N–H and O–H groups in total. The minimum Gasteiger partial charge on any atom is -0.476 e. The van der Waals surface area contributed by atoms with Crippen LogP contribution in [0.2, 0.25) is 0 Å². The van der Waals surface area contributed by atoms with Crippen LogP contribution >= 0.6 is 11.9 Å². The van der Waals surface area contributed by atoms with Gasteiger partial charge in [-0.3, -0.25) is 0 Å². The van der Waals surface area contributed by atoms with Gasteiger partial charge >= 0.3 is 5.97 Å². The SMILES string of the molecule is O=C(O)c1ncccc1-c1ccc2c(c1)SN=NC2. The maximum atomic E-state index is 11.2. The summed E-state index contributed by atoms with van der Waals surface area (Å²) in [5.41, 5.74) is 2.60. The van der Waals surface area contributed by atoms with Crippen molar-refractivity contribution < 1.29 is 9.90 Å². The Kier molecular flexibility index (Phi) is 3.00. The lowest BCUT2D eigenvalue weighted by Crippen LogP contribution is -2.02. The van der Waals surface area contributed by atoms with E-state index in [1.165, 1.54) is 18.1 Å². The number of carbonyl (C=O) groups is 1. The number of hydrogen-bond acceptors (Lipinski definition) is 5. The molecule has 0 bridgehead atoms. The molecule has 2 heterocycles. The molecule has 0 amide bonds. The Bertz CT molecular complexity index is 685. The fourth-order valence-electron chi connectivity index (χ4n) is 1.92. The van der Waals surface area contributed by atoms with Crippen molar-refractivity contribution in [1.82, 2.24) is 4.98 Å². The van der Waals surface area contributed by atoms with Crippen LogP contribution in [-0.2, 0) is 6.54 Å². The third-order valence-electron chi connectivity index (χ3n) is 2.83. The van der Waals surface area contributed by atoms with E-state index in [1.807, 2.05) is 18.2 Å². The number of rotatable bonds is 2. The van der Waals surface area contributed by atoms with Crippen molar-refractivity contribution in [2.75, 3.05) is 0 Å². The third-order valence-corrected chi connectivity index (χ3v) is 3.60. The average molecular weight is 271 g/mol. The summed E-state index contributed by atoms with van der Waals surface area (Å²) in [4.78, 5) is 16.1. The first kappa shape index (κ1) is 11.9. The van der Waals surface area contributed by atoms with Gasteiger partial charge in [0.1, 0.15) is 0 Å². The Labute approximate surface area is 113 Å². The Morgan fingerprint density at radius 2 is 2.21 bits per heavy atom. The molecular weight excluding hydrogens is 262 g/mol. The van der Waals surface area contributed by atoms with Crippen molar-refractivity contribution in [1.29, 1.82) is 0 Å². The quantitative estimate of drug-likeness (QED) is 0.849. The zero-order valence-electron chi connectivity index (χ0n) is 9.78. The van der Waals surface area contributed by atoms with Gasteiger partial charge in [0.2, 0.25) is 0 Å². The monoisotopic (exact) mass is 271 g/mol. The first-order valence-electron chi connectivity index (χ1n) is 5.61. The van der Waals surface area contributed by atoms with Crippen molar-refractivity contribution in [3.63, 3.8) is 0 Å². The van der Waals surface area contributed by atoms with Gasteiger partial charge in [0, 0.05) is 28.6 Å². The van der Waals surface area contributed by atoms with Gasteiger partial charge in [-0.25, -0.2) is 9.78 Å². The van der Waals surface area contributed by atoms with Crippen molar-refractivity contribution in [3.05, 3.63) is 47.8 Å². The lowest BCUT2D eigenvalue weighted by atomic mass is 10.0. The summed E-state index contributed by atoms with van der Waals surface area (Å²) in [6, 6.07) is 9.26. The summed E-state index contributed by atoms with van der Waals surface area (Å²) < 4.78 is 3.92. The van der Waals surface area contributed by atoms with Crippen LogP contribution in [0.3, 0.4) is 0 Å². The van der Waals surface area contributed by atoms with E-state index >= 15 is 0 Å². The van der Waals surface area contributed by atoms with Crippen LogP contribution in [-0.4, -0.2) is 16.1 Å². The summed E-state index contributed by atoms with van der Waals surface area (Å²) >= 11 is 1.30. The van der Waals surface area contributed by atoms with E-state index in [-0.39, 0.29) is 5.69 Å². The molecule has 0 radical (unpaired) electrons. The first-order valence-corrected chi connectivity index (χ1v) is 6.38. The normalized spacial score (nSPS) is 13.1.